The van der Waals surface area contributed by atoms with Gasteiger partial charge in [0.05, 0.1) is 13.7 Å². The molecular weight excluding hydrogens is 414 g/mol. The van der Waals surface area contributed by atoms with Crippen LogP contribution in [0.25, 0.3) is 11.1 Å². The number of methoxy groups -OCH3 is 1. The van der Waals surface area contributed by atoms with Crippen molar-refractivity contribution in [2.75, 3.05) is 40.9 Å². The van der Waals surface area contributed by atoms with E-state index >= 15 is 0 Å². The Morgan fingerprint density at radius 2 is 1.88 bits per heavy atom. The van der Waals surface area contributed by atoms with Crippen LogP contribution in [0.1, 0.15) is 11.1 Å². The van der Waals surface area contributed by atoms with Crippen molar-refractivity contribution in [3.63, 3.8) is 0 Å². The number of morpholine rings is 1. The molecule has 0 bridgehead atoms. The van der Waals surface area contributed by atoms with E-state index < -0.39 is 5.60 Å². The number of ether oxygens (including phenoxy) is 2. The summed E-state index contributed by atoms with van der Waals surface area (Å²) < 4.78 is 11.5. The summed E-state index contributed by atoms with van der Waals surface area (Å²) in [6.07, 6.45) is 4.14. The van der Waals surface area contributed by atoms with E-state index in [2.05, 4.69) is 40.2 Å². The highest BCUT2D eigenvalue weighted by molar-refractivity contribution is 5.86. The minimum atomic E-state index is -0.929. The van der Waals surface area contributed by atoms with E-state index in [1.807, 2.05) is 36.5 Å². The standard InChI is InChI=1S/C27H31N3O3/c1-29(2)26(31)27(17-22-6-4-7-23(16-22)24-8-5-13-28-18-24)20-30(14-15-33-27)19-21-9-11-25(32-3)12-10-21/h4-13,16,18H,14-15,17,19-20H2,1-3H3. The summed E-state index contributed by atoms with van der Waals surface area (Å²) in [5.74, 6) is 0.833. The molecule has 1 aliphatic rings. The highest BCUT2D eigenvalue weighted by Gasteiger charge is 2.44. The molecule has 4 rings (SSSR count). The van der Waals surface area contributed by atoms with Gasteiger partial charge in [0.15, 0.2) is 5.60 Å². The molecule has 1 unspecified atom stereocenters. The number of hydrogen-bond donors (Lipinski definition) is 0. The SMILES string of the molecule is COc1ccc(CN2CCOC(Cc3cccc(-c4cccnc4)c3)(C(=O)N(C)C)C2)cc1. The fourth-order valence-corrected chi connectivity index (χ4v) is 4.42. The van der Waals surface area contributed by atoms with Crippen LogP contribution in [-0.2, 0) is 22.5 Å². The van der Waals surface area contributed by atoms with Crippen LogP contribution in [0.5, 0.6) is 5.75 Å². The number of carbonyl (C=O) groups is 1. The van der Waals surface area contributed by atoms with Crippen molar-refractivity contribution < 1.29 is 14.3 Å². The average Bonchev–Trinajstić information content (AvgIpc) is 2.85. The zero-order valence-corrected chi connectivity index (χ0v) is 19.5. The lowest BCUT2D eigenvalue weighted by atomic mass is 9.89. The second kappa shape index (κ2) is 10.1. The topological polar surface area (TPSA) is 54.9 Å². The third-order valence-electron chi connectivity index (χ3n) is 6.04. The molecule has 0 spiro atoms. The molecule has 0 aliphatic carbocycles. The molecule has 0 N–H and O–H groups in total. The fraction of sp³-hybridized carbons (Fsp3) is 0.333. The monoisotopic (exact) mass is 445 g/mol. The van der Waals surface area contributed by atoms with Crippen molar-refractivity contribution in [2.45, 2.75) is 18.6 Å². The zero-order valence-electron chi connectivity index (χ0n) is 19.5. The van der Waals surface area contributed by atoms with Crippen LogP contribution in [-0.4, -0.2) is 67.2 Å². The molecule has 2 aromatic carbocycles. The lowest BCUT2D eigenvalue weighted by Gasteiger charge is -2.43. The summed E-state index contributed by atoms with van der Waals surface area (Å²) in [7, 11) is 5.26. The van der Waals surface area contributed by atoms with Gasteiger partial charge in [-0.3, -0.25) is 14.7 Å². The highest BCUT2D eigenvalue weighted by atomic mass is 16.5. The summed E-state index contributed by atoms with van der Waals surface area (Å²) in [6, 6.07) is 20.4. The van der Waals surface area contributed by atoms with Gasteiger partial charge in [0.2, 0.25) is 0 Å². The molecule has 33 heavy (non-hydrogen) atoms. The Bertz CT molecular complexity index is 1070. The Morgan fingerprint density at radius 3 is 2.58 bits per heavy atom. The summed E-state index contributed by atoms with van der Waals surface area (Å²) in [6.45, 7) is 2.58. The Kier molecular flexibility index (Phi) is 7.06. The van der Waals surface area contributed by atoms with E-state index in [-0.39, 0.29) is 5.91 Å². The third kappa shape index (κ3) is 5.41. The summed E-state index contributed by atoms with van der Waals surface area (Å²) in [4.78, 5) is 21.6. The number of aromatic nitrogens is 1. The predicted molar refractivity (Wildman–Crippen MR) is 129 cm³/mol. The quantitative estimate of drug-likeness (QED) is 0.556. The Hall–Kier alpha value is -3.22. The van der Waals surface area contributed by atoms with Crippen LogP contribution in [0.4, 0.5) is 0 Å². The molecule has 0 radical (unpaired) electrons. The van der Waals surface area contributed by atoms with Gasteiger partial charge in [0.25, 0.3) is 5.91 Å². The van der Waals surface area contributed by atoms with Crippen molar-refractivity contribution in [1.29, 1.82) is 0 Å². The van der Waals surface area contributed by atoms with Gasteiger partial charge in [0, 0.05) is 52.5 Å². The van der Waals surface area contributed by atoms with Crippen LogP contribution in [0.15, 0.2) is 73.1 Å². The molecular formula is C27H31N3O3. The van der Waals surface area contributed by atoms with E-state index in [4.69, 9.17) is 9.47 Å². The van der Waals surface area contributed by atoms with E-state index in [0.717, 1.165) is 35.5 Å². The molecule has 2 heterocycles. The third-order valence-corrected chi connectivity index (χ3v) is 6.04. The van der Waals surface area contributed by atoms with E-state index in [1.165, 1.54) is 5.56 Å². The lowest BCUT2D eigenvalue weighted by Crippen LogP contribution is -2.60. The van der Waals surface area contributed by atoms with Crippen molar-refractivity contribution in [2.24, 2.45) is 0 Å². The van der Waals surface area contributed by atoms with Crippen LogP contribution >= 0.6 is 0 Å². The van der Waals surface area contributed by atoms with Gasteiger partial charge in [-0.1, -0.05) is 42.5 Å². The molecule has 6 heteroatoms. The molecule has 6 nitrogen and oxygen atoms in total. The zero-order chi connectivity index (χ0) is 23.3. The second-order valence-corrected chi connectivity index (χ2v) is 8.72. The molecule has 1 fully saturated rings. The van der Waals surface area contributed by atoms with Crippen molar-refractivity contribution in [3.05, 3.63) is 84.2 Å². The highest BCUT2D eigenvalue weighted by Crippen LogP contribution is 2.29. The van der Waals surface area contributed by atoms with Gasteiger partial charge >= 0.3 is 0 Å². The molecule has 1 atom stereocenters. The van der Waals surface area contributed by atoms with Crippen LogP contribution in [0, 0.1) is 0 Å². The second-order valence-electron chi connectivity index (χ2n) is 8.72. The number of hydrogen-bond acceptors (Lipinski definition) is 5. The maximum absolute atomic E-state index is 13.4. The summed E-state index contributed by atoms with van der Waals surface area (Å²) in [5, 5.41) is 0. The Morgan fingerprint density at radius 1 is 1.09 bits per heavy atom. The molecule has 0 saturated carbocycles. The first-order chi connectivity index (χ1) is 16.0. The first-order valence-corrected chi connectivity index (χ1v) is 11.2. The molecule has 1 aliphatic heterocycles. The number of nitrogens with zero attached hydrogens (tertiary/aromatic N) is 3. The summed E-state index contributed by atoms with van der Waals surface area (Å²) >= 11 is 0. The first-order valence-electron chi connectivity index (χ1n) is 11.2. The number of benzene rings is 2. The first kappa shape index (κ1) is 23.0. The van der Waals surface area contributed by atoms with E-state index in [0.29, 0.717) is 19.6 Å². The van der Waals surface area contributed by atoms with Crippen LogP contribution in [0.2, 0.25) is 0 Å². The van der Waals surface area contributed by atoms with Gasteiger partial charge < -0.3 is 14.4 Å². The molecule has 1 saturated heterocycles. The minimum Gasteiger partial charge on any atom is -0.497 e. The smallest absolute Gasteiger partial charge is 0.255 e. The summed E-state index contributed by atoms with van der Waals surface area (Å²) in [5.41, 5.74) is 3.46. The van der Waals surface area contributed by atoms with Crippen molar-refractivity contribution in [3.8, 4) is 16.9 Å². The van der Waals surface area contributed by atoms with Gasteiger partial charge in [0.1, 0.15) is 5.75 Å². The molecule has 172 valence electrons. The van der Waals surface area contributed by atoms with Gasteiger partial charge in [-0.15, -0.1) is 0 Å². The lowest BCUT2D eigenvalue weighted by molar-refractivity contribution is -0.169. The number of rotatable bonds is 7. The van der Waals surface area contributed by atoms with Crippen molar-refractivity contribution in [1.82, 2.24) is 14.8 Å². The van der Waals surface area contributed by atoms with E-state index in [1.54, 1.807) is 32.3 Å². The Balaban J connectivity index is 1.58. The fourth-order valence-electron chi connectivity index (χ4n) is 4.42. The largest absolute Gasteiger partial charge is 0.497 e. The normalized spacial score (nSPS) is 18.6. The van der Waals surface area contributed by atoms with Crippen molar-refractivity contribution >= 4 is 5.91 Å². The van der Waals surface area contributed by atoms with Gasteiger partial charge in [-0.2, -0.15) is 0 Å². The van der Waals surface area contributed by atoms with Gasteiger partial charge in [-0.05, 0) is 40.5 Å². The van der Waals surface area contributed by atoms with Crippen LogP contribution in [0.3, 0.4) is 0 Å². The average molecular weight is 446 g/mol. The molecule has 1 aromatic heterocycles. The predicted octanol–water partition coefficient (Wildman–Crippen LogP) is 3.66. The number of pyridine rings is 1. The Labute approximate surface area is 195 Å². The van der Waals surface area contributed by atoms with E-state index in [9.17, 15) is 4.79 Å². The maximum Gasteiger partial charge on any atom is 0.255 e. The number of amides is 1. The molecule has 3 aromatic rings. The maximum atomic E-state index is 13.4. The van der Waals surface area contributed by atoms with Gasteiger partial charge in [-0.25, -0.2) is 0 Å². The molecule has 1 amide bonds. The minimum absolute atomic E-state index is 0.00582. The number of carbonyl (C=O) groups excluding carboxylic acids is 1. The van der Waals surface area contributed by atoms with Crippen LogP contribution < -0.4 is 4.74 Å². The number of likely N-dealkylation sites (N-methyl/N-ethyl adjacent to an activating group) is 1.